The number of likely N-dealkylation sites (N-methyl/N-ethyl adjacent to an activating group) is 1. The summed E-state index contributed by atoms with van der Waals surface area (Å²) in [5.41, 5.74) is 1.11. The summed E-state index contributed by atoms with van der Waals surface area (Å²) in [6.07, 6.45) is 2.49. The van der Waals surface area contributed by atoms with Crippen LogP contribution in [0.5, 0.6) is 5.75 Å². The Morgan fingerprint density at radius 1 is 1.50 bits per heavy atom. The van der Waals surface area contributed by atoms with Crippen LogP contribution in [0.25, 0.3) is 0 Å². The van der Waals surface area contributed by atoms with Crippen molar-refractivity contribution in [1.29, 1.82) is 5.26 Å². The first-order chi connectivity index (χ1) is 9.69. The van der Waals surface area contributed by atoms with Crippen molar-refractivity contribution in [1.82, 2.24) is 4.90 Å². The Morgan fingerprint density at radius 2 is 2.35 bits per heavy atom. The summed E-state index contributed by atoms with van der Waals surface area (Å²) in [6.45, 7) is 3.94. The van der Waals surface area contributed by atoms with Crippen molar-refractivity contribution in [3.63, 3.8) is 0 Å². The second-order valence-electron chi connectivity index (χ2n) is 5.50. The fraction of sp³-hybridized carbons (Fsp3) is 0.562. The minimum atomic E-state index is 0.504. The van der Waals surface area contributed by atoms with Crippen molar-refractivity contribution >= 4 is 5.69 Å². The molecule has 1 aromatic carbocycles. The molecule has 2 atom stereocenters. The number of benzene rings is 1. The van der Waals surface area contributed by atoms with E-state index in [0.29, 0.717) is 25.1 Å². The third kappa shape index (κ3) is 4.14. The van der Waals surface area contributed by atoms with Crippen molar-refractivity contribution in [2.45, 2.75) is 38.3 Å². The van der Waals surface area contributed by atoms with Gasteiger partial charge in [-0.05, 0) is 38.9 Å². The minimum absolute atomic E-state index is 0.504. The molecule has 0 bridgehead atoms. The molecule has 4 heteroatoms. The van der Waals surface area contributed by atoms with E-state index in [2.05, 4.69) is 36.3 Å². The van der Waals surface area contributed by atoms with Crippen LogP contribution in [0, 0.1) is 11.3 Å². The molecule has 0 saturated carbocycles. The number of rotatable bonds is 6. The molecule has 108 valence electrons. The van der Waals surface area contributed by atoms with Crippen molar-refractivity contribution in [2.24, 2.45) is 0 Å². The molecule has 2 unspecified atom stereocenters. The predicted octanol–water partition coefficient (Wildman–Crippen LogP) is 2.87. The Bertz CT molecular complexity index is 459. The Morgan fingerprint density at radius 3 is 3.05 bits per heavy atom. The van der Waals surface area contributed by atoms with Crippen molar-refractivity contribution < 1.29 is 4.74 Å². The lowest BCUT2D eigenvalue weighted by molar-refractivity contribution is 0.313. The summed E-state index contributed by atoms with van der Waals surface area (Å²) in [4.78, 5) is 2.37. The van der Waals surface area contributed by atoms with Crippen LogP contribution in [0.4, 0.5) is 5.69 Å². The highest BCUT2D eigenvalue weighted by molar-refractivity contribution is 5.49. The maximum atomic E-state index is 8.49. The number of likely N-dealkylation sites (tertiary alicyclic amines) is 1. The van der Waals surface area contributed by atoms with Crippen LogP contribution in [0.1, 0.15) is 26.2 Å². The highest BCUT2D eigenvalue weighted by Crippen LogP contribution is 2.22. The van der Waals surface area contributed by atoms with E-state index in [1.165, 1.54) is 6.42 Å². The lowest BCUT2D eigenvalue weighted by Gasteiger charge is -2.15. The van der Waals surface area contributed by atoms with Gasteiger partial charge in [0, 0.05) is 36.8 Å². The number of nitriles is 1. The zero-order valence-corrected chi connectivity index (χ0v) is 12.3. The molecule has 1 aromatic rings. The molecular formula is C16H23N3O. The van der Waals surface area contributed by atoms with Crippen molar-refractivity contribution in [2.75, 3.05) is 25.5 Å². The van der Waals surface area contributed by atoms with Crippen LogP contribution in [-0.4, -0.2) is 37.2 Å². The maximum absolute atomic E-state index is 8.49. The highest BCUT2D eigenvalue weighted by atomic mass is 16.5. The largest absolute Gasteiger partial charge is 0.493 e. The lowest BCUT2D eigenvalue weighted by Crippen LogP contribution is -2.24. The maximum Gasteiger partial charge on any atom is 0.121 e. The Balaban J connectivity index is 1.85. The van der Waals surface area contributed by atoms with E-state index in [4.69, 9.17) is 10.00 Å². The van der Waals surface area contributed by atoms with Gasteiger partial charge in [-0.25, -0.2) is 0 Å². The second kappa shape index (κ2) is 7.16. The number of ether oxygens (including phenoxy) is 1. The van der Waals surface area contributed by atoms with Crippen molar-refractivity contribution in [3.05, 3.63) is 24.3 Å². The standard InChI is InChI=1S/C16H23N3O/c1-13-10-15(12-19(13)2)18-14-6-5-7-16(11-14)20-9-4-3-8-17/h5-7,11,13,15,18H,3-4,9-10,12H2,1-2H3. The van der Waals surface area contributed by atoms with Gasteiger partial charge in [-0.15, -0.1) is 0 Å². The van der Waals surface area contributed by atoms with Crippen LogP contribution in [-0.2, 0) is 0 Å². The molecule has 1 fully saturated rings. The third-order valence-electron chi connectivity index (χ3n) is 3.79. The third-order valence-corrected chi connectivity index (χ3v) is 3.79. The van der Waals surface area contributed by atoms with Gasteiger partial charge in [0.25, 0.3) is 0 Å². The van der Waals surface area contributed by atoms with Crippen LogP contribution >= 0.6 is 0 Å². The molecular weight excluding hydrogens is 250 g/mol. The summed E-state index contributed by atoms with van der Waals surface area (Å²) in [7, 11) is 2.17. The van der Waals surface area contributed by atoms with E-state index in [1.807, 2.05) is 18.2 Å². The molecule has 0 amide bonds. The molecule has 0 radical (unpaired) electrons. The first-order valence-electron chi connectivity index (χ1n) is 7.25. The zero-order valence-electron chi connectivity index (χ0n) is 12.3. The molecule has 1 saturated heterocycles. The van der Waals surface area contributed by atoms with E-state index in [9.17, 15) is 0 Å². The summed E-state index contributed by atoms with van der Waals surface area (Å²) >= 11 is 0. The fourth-order valence-corrected chi connectivity index (χ4v) is 2.55. The molecule has 1 N–H and O–H groups in total. The number of hydrogen-bond acceptors (Lipinski definition) is 4. The average molecular weight is 273 g/mol. The first-order valence-corrected chi connectivity index (χ1v) is 7.25. The zero-order chi connectivity index (χ0) is 14.4. The number of hydrogen-bond donors (Lipinski definition) is 1. The first kappa shape index (κ1) is 14.7. The summed E-state index contributed by atoms with van der Waals surface area (Å²) in [5.74, 6) is 0.868. The van der Waals surface area contributed by atoms with Gasteiger partial charge in [-0.3, -0.25) is 0 Å². The molecule has 0 aromatic heterocycles. The summed E-state index contributed by atoms with van der Waals surface area (Å²) in [5, 5.41) is 12.1. The summed E-state index contributed by atoms with van der Waals surface area (Å²) < 4.78 is 5.65. The van der Waals surface area contributed by atoms with E-state index in [0.717, 1.165) is 24.4 Å². The molecule has 0 aliphatic carbocycles. The van der Waals surface area contributed by atoms with Gasteiger partial charge < -0.3 is 15.0 Å². The van der Waals surface area contributed by atoms with Crippen LogP contribution in [0.15, 0.2) is 24.3 Å². The molecule has 1 aliphatic heterocycles. The topological polar surface area (TPSA) is 48.3 Å². The van der Waals surface area contributed by atoms with E-state index < -0.39 is 0 Å². The second-order valence-corrected chi connectivity index (χ2v) is 5.50. The Hall–Kier alpha value is -1.73. The molecule has 1 heterocycles. The average Bonchev–Trinajstić information content (AvgIpc) is 2.74. The SMILES string of the molecule is CC1CC(Nc2cccc(OCCCC#N)c2)CN1C. The van der Waals surface area contributed by atoms with Gasteiger partial charge in [0.15, 0.2) is 0 Å². The minimum Gasteiger partial charge on any atom is -0.493 e. The quantitative estimate of drug-likeness (QED) is 0.810. The summed E-state index contributed by atoms with van der Waals surface area (Å²) in [6, 6.07) is 11.3. The molecule has 2 rings (SSSR count). The van der Waals surface area contributed by atoms with Gasteiger partial charge in [0.2, 0.25) is 0 Å². The van der Waals surface area contributed by atoms with Gasteiger partial charge in [0.05, 0.1) is 12.7 Å². The highest BCUT2D eigenvalue weighted by Gasteiger charge is 2.25. The monoisotopic (exact) mass is 273 g/mol. The molecule has 4 nitrogen and oxygen atoms in total. The van der Waals surface area contributed by atoms with Crippen LogP contribution in [0.3, 0.4) is 0 Å². The van der Waals surface area contributed by atoms with E-state index in [1.54, 1.807) is 0 Å². The normalized spacial score (nSPS) is 22.4. The Kier molecular flexibility index (Phi) is 5.25. The Labute approximate surface area is 121 Å². The van der Waals surface area contributed by atoms with E-state index >= 15 is 0 Å². The van der Waals surface area contributed by atoms with Gasteiger partial charge >= 0.3 is 0 Å². The van der Waals surface area contributed by atoms with Gasteiger partial charge in [-0.2, -0.15) is 5.26 Å². The predicted molar refractivity (Wildman–Crippen MR) is 80.9 cm³/mol. The van der Waals surface area contributed by atoms with Gasteiger partial charge in [0.1, 0.15) is 5.75 Å². The molecule has 1 aliphatic rings. The van der Waals surface area contributed by atoms with Gasteiger partial charge in [-0.1, -0.05) is 6.07 Å². The smallest absolute Gasteiger partial charge is 0.121 e. The molecule has 0 spiro atoms. The van der Waals surface area contributed by atoms with Crippen LogP contribution < -0.4 is 10.1 Å². The van der Waals surface area contributed by atoms with Crippen molar-refractivity contribution in [3.8, 4) is 11.8 Å². The van der Waals surface area contributed by atoms with Crippen LogP contribution in [0.2, 0.25) is 0 Å². The molecule has 20 heavy (non-hydrogen) atoms. The van der Waals surface area contributed by atoms with E-state index in [-0.39, 0.29) is 0 Å². The number of anilines is 1. The fourth-order valence-electron chi connectivity index (χ4n) is 2.55. The lowest BCUT2D eigenvalue weighted by atomic mass is 10.2. The number of nitrogens with one attached hydrogen (secondary N) is 1. The number of unbranched alkanes of at least 4 members (excludes halogenated alkanes) is 1. The number of nitrogens with zero attached hydrogens (tertiary/aromatic N) is 2.